The first-order chi connectivity index (χ1) is 26.9. The number of anilines is 2. The number of carbonyl (C=O) groups is 1. The summed E-state index contributed by atoms with van der Waals surface area (Å²) in [4.78, 5) is 42.5. The maximum absolute atomic E-state index is 14.5. The summed E-state index contributed by atoms with van der Waals surface area (Å²) in [5, 5.41) is 11.8. The number of aliphatic imine (C=N–C) groups is 1. The summed E-state index contributed by atoms with van der Waals surface area (Å²) >= 11 is 0. The summed E-state index contributed by atoms with van der Waals surface area (Å²) in [6, 6.07) is 10.8. The molecule has 1 aliphatic carbocycles. The van der Waals surface area contributed by atoms with Crippen LogP contribution < -0.4 is 26.5 Å². The molecule has 6 aliphatic heterocycles. The molecule has 1 spiro atoms. The van der Waals surface area contributed by atoms with Gasteiger partial charge in [0.2, 0.25) is 0 Å². The highest BCUT2D eigenvalue weighted by molar-refractivity contribution is 5.88. The molecule has 0 radical (unpaired) electrons. The van der Waals surface area contributed by atoms with E-state index in [-0.39, 0.29) is 46.0 Å². The topological polar surface area (TPSA) is 193 Å². The number of pyridine rings is 2. The molecule has 2 bridgehead atoms. The van der Waals surface area contributed by atoms with Crippen molar-refractivity contribution in [2.75, 3.05) is 18.0 Å². The van der Waals surface area contributed by atoms with E-state index in [1.807, 2.05) is 50.4 Å². The Balaban J connectivity index is 0.899. The molecule has 1 saturated carbocycles. The fourth-order valence-electron chi connectivity index (χ4n) is 10.3. The van der Waals surface area contributed by atoms with E-state index in [0.717, 1.165) is 54.7 Å². The number of ether oxygens (including phenoxy) is 3. The highest BCUT2D eigenvalue weighted by Gasteiger charge is 2.69. The number of nitrogens with zero attached hydrogens (tertiary/aromatic N) is 3. The van der Waals surface area contributed by atoms with Gasteiger partial charge < -0.3 is 35.2 Å². The van der Waals surface area contributed by atoms with Gasteiger partial charge in [0.05, 0.1) is 17.5 Å². The molecule has 3 aromatic heterocycles. The van der Waals surface area contributed by atoms with Crippen LogP contribution in [0.25, 0.3) is 22.2 Å². The minimum atomic E-state index is -1.07. The van der Waals surface area contributed by atoms with Crippen LogP contribution in [0.1, 0.15) is 74.5 Å². The molecule has 3 saturated heterocycles. The smallest absolute Gasteiger partial charge is 0.341 e. The molecule has 13 nitrogen and oxygen atoms in total. The van der Waals surface area contributed by atoms with Crippen LogP contribution in [0.4, 0.5) is 11.6 Å². The quantitative estimate of drug-likeness (QED) is 0.161. The van der Waals surface area contributed by atoms with Gasteiger partial charge in [-0.1, -0.05) is 0 Å². The van der Waals surface area contributed by atoms with Crippen molar-refractivity contribution in [1.82, 2.24) is 9.97 Å². The first-order valence-electron chi connectivity index (χ1n) is 19.6. The highest BCUT2D eigenvalue weighted by Crippen LogP contribution is 2.60. The fraction of sp³-hybridized carbons (Fsp3) is 0.419. The molecule has 6 N–H and O–H groups in total. The standard InChI is InChI=1S/C43H44N6O7/c1-21-12-30(50)37-31(53-21)17-32-38(39(37)51)36-23-5-7-26(8-6-23)43(41(52)54-40(36)42(2,3)55-32)33(56-43)9-4-22-13-28(48-34(44)14-22)25-15-27(47-35(45)16-25)19-49-18-24-10-11-46-29(24)20-49/h10-17,20,23,26,33,36,40,51H,4-9,18-19H2,1-3H3,(H2,44,48)(H2,45,47)/p+1/t23?,26?,33-,36+,40-,43+/m1/s1. The summed E-state index contributed by atoms with van der Waals surface area (Å²) in [7, 11) is 0. The molecule has 4 aromatic rings. The molecule has 5 atom stereocenters. The summed E-state index contributed by atoms with van der Waals surface area (Å²) in [5.74, 6) is 0.857. The maximum atomic E-state index is 14.5. The summed E-state index contributed by atoms with van der Waals surface area (Å²) in [5.41, 5.74) is 16.7. The van der Waals surface area contributed by atoms with Gasteiger partial charge in [-0.3, -0.25) is 14.7 Å². The lowest BCUT2D eigenvalue weighted by molar-refractivity contribution is -0.852. The predicted octanol–water partition coefficient (Wildman–Crippen LogP) is 4.44. The number of esters is 1. The first-order valence-corrected chi connectivity index (χ1v) is 19.6. The molecule has 56 heavy (non-hydrogen) atoms. The Morgan fingerprint density at radius 1 is 1.00 bits per heavy atom. The number of allylic oxidation sites excluding steroid dienone is 1. The summed E-state index contributed by atoms with van der Waals surface area (Å²) in [6.45, 7) is 7.02. The highest BCUT2D eigenvalue weighted by atomic mass is 16.7. The number of aromatic hydroxyl groups is 1. The number of hydrogen-bond donors (Lipinski definition) is 4. The van der Waals surface area contributed by atoms with E-state index in [1.54, 1.807) is 13.0 Å². The Hall–Kier alpha value is -5.53. The first kappa shape index (κ1) is 34.9. The Kier molecular flexibility index (Phi) is 7.79. The van der Waals surface area contributed by atoms with Crippen molar-refractivity contribution in [3.8, 4) is 22.8 Å². The van der Waals surface area contributed by atoms with Gasteiger partial charge in [-0.15, -0.1) is 0 Å². The third kappa shape index (κ3) is 5.62. The number of nitrogens with one attached hydrogen (secondary N) is 1. The number of rotatable bonds is 6. The van der Waals surface area contributed by atoms with Gasteiger partial charge in [0.15, 0.2) is 11.0 Å². The van der Waals surface area contributed by atoms with Gasteiger partial charge in [0.1, 0.15) is 76.6 Å². The van der Waals surface area contributed by atoms with E-state index < -0.39 is 23.3 Å². The molecule has 4 fully saturated rings. The molecular weight excluding hydrogens is 713 g/mol. The van der Waals surface area contributed by atoms with Crippen molar-refractivity contribution in [3.63, 3.8) is 0 Å². The van der Waals surface area contributed by atoms with Crippen molar-refractivity contribution in [2.45, 2.75) is 95.2 Å². The Morgan fingerprint density at radius 3 is 2.61 bits per heavy atom. The van der Waals surface area contributed by atoms with Gasteiger partial charge >= 0.3 is 5.97 Å². The molecule has 9 heterocycles. The van der Waals surface area contributed by atoms with Crippen LogP contribution >= 0.6 is 0 Å². The minimum absolute atomic E-state index is 0.00698. The van der Waals surface area contributed by atoms with Crippen LogP contribution in [-0.2, 0) is 27.2 Å². The van der Waals surface area contributed by atoms with Crippen molar-refractivity contribution in [2.24, 2.45) is 16.8 Å². The van der Waals surface area contributed by atoms with E-state index in [4.69, 9.17) is 30.1 Å². The van der Waals surface area contributed by atoms with Crippen LogP contribution in [0.15, 0.2) is 74.1 Å². The Morgan fingerprint density at radius 2 is 1.80 bits per heavy atom. The van der Waals surface area contributed by atoms with Crippen LogP contribution in [0, 0.1) is 18.8 Å². The van der Waals surface area contributed by atoms with Gasteiger partial charge in [0, 0.05) is 46.9 Å². The molecule has 11 rings (SSSR count). The molecular formula is C43H45N6O7+. The largest absolute Gasteiger partial charge is 0.507 e. The Labute approximate surface area is 323 Å². The van der Waals surface area contributed by atoms with Crippen molar-refractivity contribution >= 4 is 34.8 Å². The number of nitrogen functional groups attached to an aromatic ring is 2. The maximum Gasteiger partial charge on any atom is 0.341 e. The second kappa shape index (κ2) is 12.5. The molecule has 7 aliphatic rings. The monoisotopic (exact) mass is 757 g/mol. The van der Waals surface area contributed by atoms with Gasteiger partial charge in [0.25, 0.3) is 0 Å². The van der Waals surface area contributed by atoms with Crippen LogP contribution in [0.3, 0.4) is 0 Å². The van der Waals surface area contributed by atoms with Crippen molar-refractivity contribution in [3.05, 3.63) is 92.7 Å². The third-order valence-corrected chi connectivity index (χ3v) is 12.8. The second-order valence-electron chi connectivity index (χ2n) is 16.9. The van der Waals surface area contributed by atoms with Crippen molar-refractivity contribution in [1.29, 1.82) is 0 Å². The predicted molar refractivity (Wildman–Crippen MR) is 208 cm³/mol. The van der Waals surface area contributed by atoms with Crippen LogP contribution in [0.2, 0.25) is 0 Å². The average Bonchev–Trinajstić information content (AvgIpc) is 3.48. The Bertz CT molecular complexity index is 2500. The molecule has 288 valence electrons. The lowest BCUT2D eigenvalue weighted by atomic mass is 9.66. The zero-order valence-corrected chi connectivity index (χ0v) is 31.6. The molecule has 0 amide bonds. The number of aromatic nitrogens is 2. The molecule has 13 heteroatoms. The third-order valence-electron chi connectivity index (χ3n) is 12.8. The van der Waals surface area contributed by atoms with E-state index in [2.05, 4.69) is 21.2 Å². The zero-order valence-electron chi connectivity index (χ0n) is 31.6. The molecule has 1 unspecified atom stereocenters. The molecule has 1 aromatic carbocycles. The van der Waals surface area contributed by atoms with Crippen molar-refractivity contribution < 1.29 is 33.4 Å². The SMILES string of the molecule is Cc1cc(=O)c2c(O)c3c(cc2o1)OC(C)(C)[C@@H]1OC(=O)[C@]2(O[C@@H]2CCc2cc(N)nc(-c4cc(N)nc(C[NH+]5C=C6N=CC=C6C5)c4)c2)C2CCC(CC2)[C@@H]31. The summed E-state index contributed by atoms with van der Waals surface area (Å²) < 4.78 is 25.4. The average molecular weight is 758 g/mol. The van der Waals surface area contributed by atoms with Crippen LogP contribution in [-0.4, -0.2) is 57.2 Å². The number of benzene rings is 1. The minimum Gasteiger partial charge on any atom is -0.507 e. The lowest BCUT2D eigenvalue weighted by Crippen LogP contribution is -3.04. The van der Waals surface area contributed by atoms with E-state index in [0.29, 0.717) is 53.8 Å². The van der Waals surface area contributed by atoms with Gasteiger partial charge in [-0.2, -0.15) is 0 Å². The van der Waals surface area contributed by atoms with Gasteiger partial charge in [-0.25, -0.2) is 14.8 Å². The number of epoxide rings is 1. The van der Waals surface area contributed by atoms with E-state index in [9.17, 15) is 14.7 Å². The van der Waals surface area contributed by atoms with Crippen LogP contribution in [0.5, 0.6) is 11.5 Å². The number of hydrogen-bond acceptors (Lipinski definition) is 12. The zero-order chi connectivity index (χ0) is 38.7. The fourth-order valence-corrected chi connectivity index (χ4v) is 10.3. The number of phenols is 1. The number of nitrogens with two attached hydrogens (primary N) is 2. The van der Waals surface area contributed by atoms with E-state index in [1.165, 1.54) is 16.5 Å². The number of fused-ring (bicyclic) bond motifs is 6. The summed E-state index contributed by atoms with van der Waals surface area (Å²) in [6.07, 6.45) is 9.35. The normalized spacial score (nSPS) is 29.4. The van der Waals surface area contributed by atoms with E-state index >= 15 is 0 Å². The number of aryl methyl sites for hydroxylation is 2. The number of phenolic OH excluding ortho intramolecular Hbond substituents is 1. The number of carbonyl (C=O) groups excluding carboxylic acids is 1. The number of quaternary nitrogens is 1. The van der Waals surface area contributed by atoms with Gasteiger partial charge in [-0.05, 0) is 101 Å². The second-order valence-corrected chi connectivity index (χ2v) is 16.9. The lowest BCUT2D eigenvalue weighted by Gasteiger charge is -2.47.